The van der Waals surface area contributed by atoms with E-state index in [1.165, 1.54) is 4.90 Å². The summed E-state index contributed by atoms with van der Waals surface area (Å²) < 4.78 is 5.13. The van der Waals surface area contributed by atoms with Gasteiger partial charge in [0.25, 0.3) is 5.91 Å². The van der Waals surface area contributed by atoms with Gasteiger partial charge in [0.2, 0.25) is 0 Å². The molecule has 3 rings (SSSR count). The Hall–Kier alpha value is -2.22. The van der Waals surface area contributed by atoms with E-state index in [1.807, 2.05) is 24.3 Å². The van der Waals surface area contributed by atoms with Crippen molar-refractivity contribution in [1.29, 1.82) is 5.26 Å². The van der Waals surface area contributed by atoms with Crippen LogP contribution in [0.5, 0.6) is 5.75 Å². The van der Waals surface area contributed by atoms with Crippen LogP contribution in [0.25, 0.3) is 0 Å². The number of carbonyl (C=O) groups is 1. The van der Waals surface area contributed by atoms with Crippen molar-refractivity contribution in [3.8, 4) is 11.8 Å². The minimum atomic E-state index is -0.711. The Bertz CT molecular complexity index is 828. The molecular weight excluding hydrogens is 347 g/mol. The van der Waals surface area contributed by atoms with Crippen LogP contribution in [0, 0.1) is 11.3 Å². The van der Waals surface area contributed by atoms with E-state index in [0.717, 1.165) is 11.3 Å². The van der Waals surface area contributed by atoms with Crippen molar-refractivity contribution in [2.75, 3.05) is 13.7 Å². The molecular formula is C18H14Cl2N2O2. The third-order valence-corrected chi connectivity index (χ3v) is 4.77. The third-order valence-electron chi connectivity index (χ3n) is 4.12. The molecule has 6 heteroatoms. The number of fused-ring (bicyclic) bond motifs is 1. The van der Waals surface area contributed by atoms with Crippen molar-refractivity contribution in [1.82, 2.24) is 4.90 Å². The summed E-state index contributed by atoms with van der Waals surface area (Å²) in [5.74, 6) is 0.523. The summed E-state index contributed by atoms with van der Waals surface area (Å²) in [6, 6.07) is 12.3. The van der Waals surface area contributed by atoms with Crippen molar-refractivity contribution in [2.45, 2.75) is 12.5 Å². The Kier molecular flexibility index (Phi) is 4.66. The first kappa shape index (κ1) is 16.6. The number of methoxy groups -OCH3 is 1. The molecule has 0 N–H and O–H groups in total. The molecule has 0 aliphatic carbocycles. The Labute approximate surface area is 150 Å². The van der Waals surface area contributed by atoms with E-state index in [-0.39, 0.29) is 5.91 Å². The van der Waals surface area contributed by atoms with E-state index < -0.39 is 6.04 Å². The Balaban J connectivity index is 1.84. The lowest BCUT2D eigenvalue weighted by Crippen LogP contribution is -2.29. The van der Waals surface area contributed by atoms with E-state index in [4.69, 9.17) is 27.9 Å². The lowest BCUT2D eigenvalue weighted by atomic mass is 10.1. The fourth-order valence-electron chi connectivity index (χ4n) is 2.88. The van der Waals surface area contributed by atoms with E-state index in [1.54, 1.807) is 19.2 Å². The van der Waals surface area contributed by atoms with Crippen LogP contribution in [-0.4, -0.2) is 24.5 Å². The SMILES string of the molecule is COc1ccc(CCN2C(=O)c3c(Cl)ccc(Cl)c3C2C#N)cc1. The first-order chi connectivity index (χ1) is 11.6. The van der Waals surface area contributed by atoms with Gasteiger partial charge in [-0.3, -0.25) is 4.79 Å². The standard InChI is InChI=1S/C18H14Cl2N2O2/c1-24-12-4-2-11(3-5-12)8-9-22-15(10-21)16-13(19)6-7-14(20)17(16)18(22)23/h2-7,15H,8-9H2,1H3. The van der Waals surface area contributed by atoms with Crippen LogP contribution in [-0.2, 0) is 6.42 Å². The zero-order valence-electron chi connectivity index (χ0n) is 12.9. The van der Waals surface area contributed by atoms with Crippen LogP contribution < -0.4 is 4.74 Å². The number of ether oxygens (including phenoxy) is 1. The number of rotatable bonds is 4. The molecule has 0 saturated carbocycles. The third kappa shape index (κ3) is 2.82. The summed E-state index contributed by atoms with van der Waals surface area (Å²) in [4.78, 5) is 14.2. The molecule has 0 spiro atoms. The van der Waals surface area contributed by atoms with Gasteiger partial charge < -0.3 is 9.64 Å². The fraction of sp³-hybridized carbons (Fsp3) is 0.222. The molecule has 1 aliphatic heterocycles. The Morgan fingerprint density at radius 1 is 1.17 bits per heavy atom. The monoisotopic (exact) mass is 360 g/mol. The summed E-state index contributed by atoms with van der Waals surface area (Å²) in [6.07, 6.45) is 0.622. The van der Waals surface area contributed by atoms with Crippen LogP contribution >= 0.6 is 23.2 Å². The number of amides is 1. The lowest BCUT2D eigenvalue weighted by molar-refractivity contribution is 0.0760. The van der Waals surface area contributed by atoms with Gasteiger partial charge in [0.05, 0.1) is 23.8 Å². The predicted octanol–water partition coefficient (Wildman–Crippen LogP) is 4.27. The molecule has 1 heterocycles. The molecule has 1 unspecified atom stereocenters. The number of hydrogen-bond donors (Lipinski definition) is 0. The second kappa shape index (κ2) is 6.72. The number of halogens is 2. The number of hydrogen-bond acceptors (Lipinski definition) is 3. The summed E-state index contributed by atoms with van der Waals surface area (Å²) in [5.41, 5.74) is 1.89. The van der Waals surface area contributed by atoms with Gasteiger partial charge in [-0.15, -0.1) is 0 Å². The van der Waals surface area contributed by atoms with Crippen LogP contribution in [0.4, 0.5) is 0 Å². The molecule has 0 bridgehead atoms. The van der Waals surface area contributed by atoms with Crippen molar-refractivity contribution in [2.24, 2.45) is 0 Å². The highest BCUT2D eigenvalue weighted by molar-refractivity contribution is 6.37. The first-order valence-electron chi connectivity index (χ1n) is 7.38. The molecule has 1 amide bonds. The number of nitrogens with zero attached hydrogens (tertiary/aromatic N) is 2. The maximum Gasteiger partial charge on any atom is 0.257 e. The van der Waals surface area contributed by atoms with Crippen molar-refractivity contribution < 1.29 is 9.53 Å². The van der Waals surface area contributed by atoms with Crippen molar-refractivity contribution in [3.63, 3.8) is 0 Å². The summed E-state index contributed by atoms with van der Waals surface area (Å²) >= 11 is 12.3. The highest BCUT2D eigenvalue weighted by atomic mass is 35.5. The predicted molar refractivity (Wildman–Crippen MR) is 92.6 cm³/mol. The number of nitriles is 1. The molecule has 4 nitrogen and oxygen atoms in total. The minimum absolute atomic E-state index is 0.252. The summed E-state index contributed by atoms with van der Waals surface area (Å²) in [6.45, 7) is 0.407. The first-order valence-corrected chi connectivity index (χ1v) is 8.13. The van der Waals surface area contributed by atoms with Gasteiger partial charge in [0.1, 0.15) is 11.8 Å². The molecule has 2 aromatic carbocycles. The fourth-order valence-corrected chi connectivity index (χ4v) is 3.38. The molecule has 1 atom stereocenters. The van der Waals surface area contributed by atoms with Crippen LogP contribution in [0.15, 0.2) is 36.4 Å². The summed E-state index contributed by atoms with van der Waals surface area (Å²) in [7, 11) is 1.61. The second-order valence-electron chi connectivity index (χ2n) is 5.45. The average molecular weight is 361 g/mol. The lowest BCUT2D eigenvalue weighted by Gasteiger charge is -2.20. The topological polar surface area (TPSA) is 53.3 Å². The molecule has 122 valence electrons. The molecule has 0 saturated heterocycles. The van der Waals surface area contributed by atoms with E-state index in [9.17, 15) is 10.1 Å². The summed E-state index contributed by atoms with van der Waals surface area (Å²) in [5, 5.41) is 10.2. The van der Waals surface area contributed by atoms with Crippen LogP contribution in [0.1, 0.15) is 27.5 Å². The van der Waals surface area contributed by atoms with E-state index in [2.05, 4.69) is 6.07 Å². The van der Waals surface area contributed by atoms with Crippen LogP contribution in [0.3, 0.4) is 0 Å². The average Bonchev–Trinajstić information content (AvgIpc) is 2.90. The van der Waals surface area contributed by atoms with Gasteiger partial charge >= 0.3 is 0 Å². The Morgan fingerprint density at radius 3 is 2.46 bits per heavy atom. The molecule has 1 aliphatic rings. The van der Waals surface area contributed by atoms with Crippen molar-refractivity contribution >= 4 is 29.1 Å². The molecule has 0 fully saturated rings. The van der Waals surface area contributed by atoms with Gasteiger partial charge in [0.15, 0.2) is 0 Å². The quantitative estimate of drug-likeness (QED) is 0.818. The zero-order valence-corrected chi connectivity index (χ0v) is 14.4. The highest BCUT2D eigenvalue weighted by Gasteiger charge is 2.39. The number of benzene rings is 2. The van der Waals surface area contributed by atoms with Crippen molar-refractivity contribution in [3.05, 3.63) is 63.1 Å². The number of carbonyl (C=O) groups excluding carboxylic acids is 1. The Morgan fingerprint density at radius 2 is 1.83 bits per heavy atom. The molecule has 24 heavy (non-hydrogen) atoms. The maximum absolute atomic E-state index is 12.7. The minimum Gasteiger partial charge on any atom is -0.497 e. The highest BCUT2D eigenvalue weighted by Crippen LogP contribution is 2.41. The van der Waals surface area contributed by atoms with Gasteiger partial charge in [-0.05, 0) is 36.2 Å². The van der Waals surface area contributed by atoms with E-state index in [0.29, 0.717) is 34.1 Å². The molecule has 0 radical (unpaired) electrons. The van der Waals surface area contributed by atoms with Gasteiger partial charge in [-0.1, -0.05) is 35.3 Å². The van der Waals surface area contributed by atoms with Crippen LogP contribution in [0.2, 0.25) is 10.0 Å². The van der Waals surface area contributed by atoms with Gasteiger partial charge in [-0.25, -0.2) is 0 Å². The molecule has 0 aromatic heterocycles. The second-order valence-corrected chi connectivity index (χ2v) is 6.26. The molecule has 2 aromatic rings. The van der Waals surface area contributed by atoms with Gasteiger partial charge in [0, 0.05) is 17.1 Å². The largest absolute Gasteiger partial charge is 0.497 e. The van der Waals surface area contributed by atoms with E-state index >= 15 is 0 Å². The van der Waals surface area contributed by atoms with Gasteiger partial charge in [-0.2, -0.15) is 5.26 Å². The zero-order chi connectivity index (χ0) is 17.3. The maximum atomic E-state index is 12.7. The normalized spacial score (nSPS) is 16.0. The smallest absolute Gasteiger partial charge is 0.257 e.